The SMILES string of the molecule is C[C@@H](C(=O)N1CCC[C@@H]1C(=O)O)c1cccnc1. The second kappa shape index (κ2) is 5.16. The van der Waals surface area contributed by atoms with Crippen LogP contribution in [0, 0.1) is 0 Å². The van der Waals surface area contributed by atoms with Crippen molar-refractivity contribution in [2.75, 3.05) is 6.54 Å². The molecular formula is C13H16N2O3. The van der Waals surface area contributed by atoms with Crippen LogP contribution in [0.25, 0.3) is 0 Å². The number of rotatable bonds is 3. The quantitative estimate of drug-likeness (QED) is 0.874. The molecule has 1 aromatic heterocycles. The van der Waals surface area contributed by atoms with Gasteiger partial charge in [-0.3, -0.25) is 9.78 Å². The van der Waals surface area contributed by atoms with Crippen molar-refractivity contribution in [2.24, 2.45) is 0 Å². The van der Waals surface area contributed by atoms with Gasteiger partial charge in [0.2, 0.25) is 5.91 Å². The van der Waals surface area contributed by atoms with Crippen LogP contribution in [0.4, 0.5) is 0 Å². The Hall–Kier alpha value is -1.91. The van der Waals surface area contributed by atoms with Gasteiger partial charge in [0.05, 0.1) is 5.92 Å². The molecule has 0 unspecified atom stereocenters. The third-order valence-corrected chi connectivity index (χ3v) is 3.38. The lowest BCUT2D eigenvalue weighted by atomic mass is 10.0. The van der Waals surface area contributed by atoms with Crippen LogP contribution in [0.3, 0.4) is 0 Å². The summed E-state index contributed by atoms with van der Waals surface area (Å²) in [5.74, 6) is -1.40. The van der Waals surface area contributed by atoms with E-state index in [1.807, 2.05) is 6.07 Å². The van der Waals surface area contributed by atoms with Crippen LogP contribution in [0.1, 0.15) is 31.2 Å². The first-order valence-corrected chi connectivity index (χ1v) is 6.04. The second-order valence-electron chi connectivity index (χ2n) is 4.54. The lowest BCUT2D eigenvalue weighted by molar-refractivity contribution is -0.148. The van der Waals surface area contributed by atoms with Crippen molar-refractivity contribution in [1.82, 2.24) is 9.88 Å². The molecule has 2 rings (SSSR count). The number of aromatic nitrogens is 1. The average Bonchev–Trinajstić information content (AvgIpc) is 2.87. The van der Waals surface area contributed by atoms with Gasteiger partial charge in [0.25, 0.3) is 0 Å². The molecule has 2 atom stereocenters. The van der Waals surface area contributed by atoms with E-state index in [2.05, 4.69) is 4.98 Å². The molecule has 5 nitrogen and oxygen atoms in total. The van der Waals surface area contributed by atoms with Gasteiger partial charge < -0.3 is 10.0 Å². The van der Waals surface area contributed by atoms with E-state index in [0.29, 0.717) is 13.0 Å². The molecule has 1 amide bonds. The Morgan fingerprint density at radius 2 is 2.33 bits per heavy atom. The summed E-state index contributed by atoms with van der Waals surface area (Å²) in [6, 6.07) is 2.94. The van der Waals surface area contributed by atoms with Gasteiger partial charge in [-0.15, -0.1) is 0 Å². The van der Waals surface area contributed by atoms with Crippen molar-refractivity contribution in [3.8, 4) is 0 Å². The molecule has 1 aromatic rings. The maximum atomic E-state index is 12.3. The van der Waals surface area contributed by atoms with Crippen molar-refractivity contribution < 1.29 is 14.7 Å². The highest BCUT2D eigenvalue weighted by atomic mass is 16.4. The van der Waals surface area contributed by atoms with Gasteiger partial charge >= 0.3 is 5.97 Å². The molecule has 0 saturated carbocycles. The Labute approximate surface area is 105 Å². The monoisotopic (exact) mass is 248 g/mol. The van der Waals surface area contributed by atoms with Crippen LogP contribution < -0.4 is 0 Å². The molecular weight excluding hydrogens is 232 g/mol. The third kappa shape index (κ3) is 2.34. The van der Waals surface area contributed by atoms with E-state index < -0.39 is 12.0 Å². The number of carbonyl (C=O) groups excluding carboxylic acids is 1. The first-order valence-electron chi connectivity index (χ1n) is 6.04. The Kier molecular flexibility index (Phi) is 3.60. The highest BCUT2D eigenvalue weighted by Crippen LogP contribution is 2.24. The fraction of sp³-hybridized carbons (Fsp3) is 0.462. The molecule has 2 heterocycles. The summed E-state index contributed by atoms with van der Waals surface area (Å²) in [5.41, 5.74) is 0.818. The molecule has 1 aliphatic rings. The lowest BCUT2D eigenvalue weighted by Gasteiger charge is -2.24. The van der Waals surface area contributed by atoms with Gasteiger partial charge in [-0.25, -0.2) is 4.79 Å². The topological polar surface area (TPSA) is 70.5 Å². The Morgan fingerprint density at radius 3 is 2.94 bits per heavy atom. The largest absolute Gasteiger partial charge is 0.480 e. The number of likely N-dealkylation sites (tertiary alicyclic amines) is 1. The predicted octanol–water partition coefficient (Wildman–Crippen LogP) is 1.26. The molecule has 5 heteroatoms. The molecule has 0 aromatic carbocycles. The molecule has 18 heavy (non-hydrogen) atoms. The number of amides is 1. The summed E-state index contributed by atoms with van der Waals surface area (Å²) in [7, 11) is 0. The van der Waals surface area contributed by atoms with Gasteiger partial charge in [0.1, 0.15) is 6.04 Å². The lowest BCUT2D eigenvalue weighted by Crippen LogP contribution is -2.42. The van der Waals surface area contributed by atoms with Crippen molar-refractivity contribution in [3.63, 3.8) is 0 Å². The number of carbonyl (C=O) groups is 2. The summed E-state index contributed by atoms with van der Waals surface area (Å²) in [6.07, 6.45) is 4.59. The fourth-order valence-electron chi connectivity index (χ4n) is 2.31. The number of hydrogen-bond donors (Lipinski definition) is 1. The minimum absolute atomic E-state index is 0.132. The van der Waals surface area contributed by atoms with Crippen molar-refractivity contribution >= 4 is 11.9 Å². The minimum Gasteiger partial charge on any atom is -0.480 e. The van der Waals surface area contributed by atoms with Gasteiger partial charge in [-0.2, -0.15) is 0 Å². The number of carboxylic acids is 1. The maximum Gasteiger partial charge on any atom is 0.326 e. The number of hydrogen-bond acceptors (Lipinski definition) is 3. The first-order chi connectivity index (χ1) is 8.61. The van der Waals surface area contributed by atoms with Crippen molar-refractivity contribution in [1.29, 1.82) is 0 Å². The highest BCUT2D eigenvalue weighted by Gasteiger charge is 2.36. The Bertz CT molecular complexity index is 447. The van der Waals surface area contributed by atoms with E-state index in [-0.39, 0.29) is 11.8 Å². The highest BCUT2D eigenvalue weighted by molar-refractivity contribution is 5.88. The second-order valence-corrected chi connectivity index (χ2v) is 4.54. The summed E-state index contributed by atoms with van der Waals surface area (Å²) in [5, 5.41) is 9.08. The molecule has 0 spiro atoms. The zero-order valence-corrected chi connectivity index (χ0v) is 10.2. The zero-order chi connectivity index (χ0) is 13.1. The number of nitrogens with zero attached hydrogens (tertiary/aromatic N) is 2. The minimum atomic E-state index is -0.917. The third-order valence-electron chi connectivity index (χ3n) is 3.38. The van der Waals surface area contributed by atoms with E-state index in [0.717, 1.165) is 12.0 Å². The summed E-state index contributed by atoms with van der Waals surface area (Å²) >= 11 is 0. The number of carboxylic acid groups (broad SMARTS) is 1. The summed E-state index contributed by atoms with van der Waals surface area (Å²) < 4.78 is 0. The maximum absolute atomic E-state index is 12.3. The van der Waals surface area contributed by atoms with E-state index in [9.17, 15) is 9.59 Å². The molecule has 1 N–H and O–H groups in total. The number of pyridine rings is 1. The van der Waals surface area contributed by atoms with Crippen LogP contribution >= 0.6 is 0 Å². The van der Waals surface area contributed by atoms with Crippen LogP contribution in [0.5, 0.6) is 0 Å². The standard InChI is InChI=1S/C13H16N2O3/c1-9(10-4-2-6-14-8-10)12(16)15-7-3-5-11(15)13(17)18/h2,4,6,8-9,11H,3,5,7H2,1H3,(H,17,18)/t9-,11-/m1/s1. The molecule has 0 radical (unpaired) electrons. The molecule has 1 saturated heterocycles. The van der Waals surface area contributed by atoms with Gasteiger partial charge in [-0.1, -0.05) is 6.07 Å². The van der Waals surface area contributed by atoms with Gasteiger partial charge in [0.15, 0.2) is 0 Å². The van der Waals surface area contributed by atoms with Crippen LogP contribution in [-0.4, -0.2) is 39.5 Å². The molecule has 1 fully saturated rings. The van der Waals surface area contributed by atoms with Crippen LogP contribution in [0.2, 0.25) is 0 Å². The van der Waals surface area contributed by atoms with Crippen LogP contribution in [-0.2, 0) is 9.59 Å². The zero-order valence-electron chi connectivity index (χ0n) is 10.2. The van der Waals surface area contributed by atoms with E-state index in [4.69, 9.17) is 5.11 Å². The number of aliphatic carboxylic acids is 1. The van der Waals surface area contributed by atoms with E-state index >= 15 is 0 Å². The summed E-state index contributed by atoms with van der Waals surface area (Å²) in [4.78, 5) is 28.8. The van der Waals surface area contributed by atoms with E-state index in [1.54, 1.807) is 25.4 Å². The van der Waals surface area contributed by atoms with Crippen molar-refractivity contribution in [2.45, 2.75) is 31.7 Å². The normalized spacial score (nSPS) is 20.7. The average molecular weight is 248 g/mol. The van der Waals surface area contributed by atoms with E-state index in [1.165, 1.54) is 4.90 Å². The smallest absolute Gasteiger partial charge is 0.326 e. The molecule has 0 aliphatic carbocycles. The fourth-order valence-corrected chi connectivity index (χ4v) is 2.31. The van der Waals surface area contributed by atoms with Gasteiger partial charge in [-0.05, 0) is 31.4 Å². The Balaban J connectivity index is 2.14. The Morgan fingerprint density at radius 1 is 1.56 bits per heavy atom. The van der Waals surface area contributed by atoms with Gasteiger partial charge in [0, 0.05) is 18.9 Å². The molecule has 1 aliphatic heterocycles. The molecule has 0 bridgehead atoms. The van der Waals surface area contributed by atoms with Crippen LogP contribution in [0.15, 0.2) is 24.5 Å². The summed E-state index contributed by atoms with van der Waals surface area (Å²) in [6.45, 7) is 2.32. The predicted molar refractivity (Wildman–Crippen MR) is 65.0 cm³/mol. The first kappa shape index (κ1) is 12.5. The molecule has 96 valence electrons. The van der Waals surface area contributed by atoms with Crippen molar-refractivity contribution in [3.05, 3.63) is 30.1 Å².